The molecule has 4 rings (SSSR count). The van der Waals surface area contributed by atoms with Crippen molar-refractivity contribution in [1.29, 1.82) is 0 Å². The highest BCUT2D eigenvalue weighted by Gasteiger charge is 2.35. The Morgan fingerprint density at radius 3 is 2.44 bits per heavy atom. The van der Waals surface area contributed by atoms with Gasteiger partial charge in [-0.15, -0.1) is 5.10 Å². The minimum absolute atomic E-state index is 0.0536. The maximum atomic E-state index is 12.6. The first kappa shape index (κ1) is 21.8. The number of rotatable bonds is 8. The van der Waals surface area contributed by atoms with Crippen molar-refractivity contribution in [1.82, 2.24) is 14.5 Å². The van der Waals surface area contributed by atoms with Crippen LogP contribution in [-0.2, 0) is 10.0 Å². The Bertz CT molecular complexity index is 1240. The average molecular weight is 458 g/mol. The van der Waals surface area contributed by atoms with E-state index in [1.807, 2.05) is 0 Å². The third kappa shape index (κ3) is 4.30. The summed E-state index contributed by atoms with van der Waals surface area (Å²) in [7, 11) is 1.03. The van der Waals surface area contributed by atoms with E-state index in [1.54, 1.807) is 25.2 Å². The van der Waals surface area contributed by atoms with E-state index >= 15 is 0 Å². The number of nitrogens with one attached hydrogen (secondary N) is 1. The Hall–Kier alpha value is -3.44. The number of nitrogens with zero attached hydrogens (tertiary/aromatic N) is 3. The minimum atomic E-state index is -3.58. The van der Waals surface area contributed by atoms with Crippen molar-refractivity contribution in [2.75, 3.05) is 26.6 Å². The van der Waals surface area contributed by atoms with E-state index in [1.165, 1.54) is 42.8 Å². The summed E-state index contributed by atoms with van der Waals surface area (Å²) < 4.78 is 42.6. The molecule has 0 radical (unpaired) electrons. The normalized spacial score (nSPS) is 13.8. The molecular formula is C21H22N4O6S. The van der Waals surface area contributed by atoms with Crippen LogP contribution < -0.4 is 14.8 Å². The highest BCUT2D eigenvalue weighted by atomic mass is 32.2. The molecule has 0 bridgehead atoms. The van der Waals surface area contributed by atoms with Gasteiger partial charge in [0.15, 0.2) is 0 Å². The van der Waals surface area contributed by atoms with Crippen LogP contribution in [0.3, 0.4) is 0 Å². The van der Waals surface area contributed by atoms with Crippen molar-refractivity contribution in [2.45, 2.75) is 23.8 Å². The first-order chi connectivity index (χ1) is 15.3. The molecule has 1 aliphatic rings. The summed E-state index contributed by atoms with van der Waals surface area (Å²) in [6.45, 7) is 0. The van der Waals surface area contributed by atoms with Crippen LogP contribution in [0.15, 0.2) is 51.8 Å². The number of amides is 1. The zero-order valence-corrected chi connectivity index (χ0v) is 18.5. The van der Waals surface area contributed by atoms with Crippen molar-refractivity contribution >= 4 is 21.9 Å². The van der Waals surface area contributed by atoms with E-state index < -0.39 is 15.9 Å². The van der Waals surface area contributed by atoms with Crippen molar-refractivity contribution in [2.24, 2.45) is 0 Å². The van der Waals surface area contributed by atoms with Gasteiger partial charge in [-0.1, -0.05) is 5.10 Å². The molecule has 168 valence electrons. The molecule has 2 aromatic carbocycles. The highest BCUT2D eigenvalue weighted by Crippen LogP contribution is 2.33. The zero-order valence-electron chi connectivity index (χ0n) is 17.7. The van der Waals surface area contributed by atoms with E-state index in [2.05, 4.69) is 15.5 Å². The zero-order chi connectivity index (χ0) is 22.9. The summed E-state index contributed by atoms with van der Waals surface area (Å²) >= 11 is 0. The smallest absolute Gasteiger partial charge is 0.322 e. The third-order valence-corrected chi connectivity index (χ3v) is 7.06. The van der Waals surface area contributed by atoms with Gasteiger partial charge in [-0.05, 0) is 55.3 Å². The average Bonchev–Trinajstić information content (AvgIpc) is 3.56. The summed E-state index contributed by atoms with van der Waals surface area (Å²) in [5.74, 6) is 0.699. The molecule has 1 aromatic heterocycles. The number of sulfonamides is 1. The Morgan fingerprint density at radius 2 is 1.81 bits per heavy atom. The number of hydrogen-bond donors (Lipinski definition) is 1. The molecule has 1 fully saturated rings. The molecule has 0 atom stereocenters. The molecule has 0 spiro atoms. The van der Waals surface area contributed by atoms with Crippen molar-refractivity contribution < 1.29 is 27.1 Å². The standard InChI is InChI=1S/C21H22N4O6S/c1-25(14-6-7-14)32(27,28)16-9-4-13(5-10-16)19(26)22-21-24-23-20(31-21)17-12-15(29-2)8-11-18(17)30-3/h4-5,8-12,14H,6-7H2,1-3H3,(H,22,24,26). The second-order valence-electron chi connectivity index (χ2n) is 7.21. The number of methoxy groups -OCH3 is 2. The first-order valence-electron chi connectivity index (χ1n) is 9.79. The van der Waals surface area contributed by atoms with Crippen LogP contribution in [0.25, 0.3) is 11.5 Å². The van der Waals surface area contributed by atoms with Crippen molar-refractivity contribution in [3.8, 4) is 23.0 Å². The summed E-state index contributed by atoms with van der Waals surface area (Å²) in [6, 6.07) is 10.7. The fraction of sp³-hybridized carbons (Fsp3) is 0.286. The predicted molar refractivity (Wildman–Crippen MR) is 115 cm³/mol. The third-order valence-electron chi connectivity index (χ3n) is 5.14. The number of carbonyl (C=O) groups excluding carboxylic acids is 1. The maximum Gasteiger partial charge on any atom is 0.322 e. The quantitative estimate of drug-likeness (QED) is 0.546. The molecule has 1 N–H and O–H groups in total. The number of aromatic nitrogens is 2. The second-order valence-corrected chi connectivity index (χ2v) is 9.21. The lowest BCUT2D eigenvalue weighted by Crippen LogP contribution is -2.29. The molecule has 1 amide bonds. The topological polar surface area (TPSA) is 124 Å². The molecular weight excluding hydrogens is 436 g/mol. The lowest BCUT2D eigenvalue weighted by molar-refractivity contribution is 0.102. The molecule has 0 unspecified atom stereocenters. The van der Waals surface area contributed by atoms with Crippen LogP contribution in [-0.4, -0.2) is 56.1 Å². The van der Waals surface area contributed by atoms with Gasteiger partial charge in [-0.3, -0.25) is 10.1 Å². The molecule has 10 nitrogen and oxygen atoms in total. The van der Waals surface area contributed by atoms with Gasteiger partial charge in [0.2, 0.25) is 10.0 Å². The van der Waals surface area contributed by atoms with Crippen LogP contribution >= 0.6 is 0 Å². The Kier molecular flexibility index (Phi) is 5.85. The molecule has 11 heteroatoms. The number of benzene rings is 2. The second kappa shape index (κ2) is 8.60. The summed E-state index contributed by atoms with van der Waals surface area (Å²) in [5.41, 5.74) is 0.755. The molecule has 0 saturated heterocycles. The number of anilines is 1. The highest BCUT2D eigenvalue weighted by molar-refractivity contribution is 7.89. The van der Waals surface area contributed by atoms with Gasteiger partial charge in [0.1, 0.15) is 11.5 Å². The molecule has 3 aromatic rings. The molecule has 1 aliphatic carbocycles. The SMILES string of the molecule is COc1ccc(OC)c(-c2nnc(NC(=O)c3ccc(S(=O)(=O)N(C)C4CC4)cc3)o2)c1. The summed E-state index contributed by atoms with van der Waals surface area (Å²) in [6.07, 6.45) is 1.73. The molecule has 1 heterocycles. The van der Waals surface area contributed by atoms with Gasteiger partial charge in [0.05, 0.1) is 24.7 Å². The van der Waals surface area contributed by atoms with E-state index in [-0.39, 0.29) is 28.4 Å². The minimum Gasteiger partial charge on any atom is -0.497 e. The van der Waals surface area contributed by atoms with E-state index in [0.29, 0.717) is 17.1 Å². The number of ether oxygens (including phenoxy) is 2. The maximum absolute atomic E-state index is 12.6. The van der Waals surface area contributed by atoms with Crippen molar-refractivity contribution in [3.05, 3.63) is 48.0 Å². The van der Waals surface area contributed by atoms with Gasteiger partial charge in [-0.2, -0.15) is 4.31 Å². The monoisotopic (exact) mass is 458 g/mol. The fourth-order valence-electron chi connectivity index (χ4n) is 3.11. The molecule has 0 aliphatic heterocycles. The molecule has 1 saturated carbocycles. The fourth-order valence-corrected chi connectivity index (χ4v) is 4.53. The van der Waals surface area contributed by atoms with Gasteiger partial charge < -0.3 is 13.9 Å². The van der Waals surface area contributed by atoms with Gasteiger partial charge in [-0.25, -0.2) is 8.42 Å². The Morgan fingerprint density at radius 1 is 1.09 bits per heavy atom. The van der Waals surface area contributed by atoms with Gasteiger partial charge in [0, 0.05) is 18.7 Å². The van der Waals surface area contributed by atoms with Crippen molar-refractivity contribution in [3.63, 3.8) is 0 Å². The van der Waals surface area contributed by atoms with Gasteiger partial charge >= 0.3 is 6.01 Å². The lowest BCUT2D eigenvalue weighted by Gasteiger charge is -2.16. The number of hydrogen-bond acceptors (Lipinski definition) is 8. The van der Waals surface area contributed by atoms with Crippen LogP contribution in [0.2, 0.25) is 0 Å². The molecule has 32 heavy (non-hydrogen) atoms. The summed E-state index contributed by atoms with van der Waals surface area (Å²) in [5, 5.41) is 10.3. The van der Waals surface area contributed by atoms with Crippen LogP contribution in [0.1, 0.15) is 23.2 Å². The van der Waals surface area contributed by atoms with E-state index in [4.69, 9.17) is 13.9 Å². The Balaban J connectivity index is 1.49. The number of carbonyl (C=O) groups is 1. The van der Waals surface area contributed by atoms with Gasteiger partial charge in [0.25, 0.3) is 11.8 Å². The van der Waals surface area contributed by atoms with Crippen LogP contribution in [0.4, 0.5) is 6.01 Å². The first-order valence-corrected chi connectivity index (χ1v) is 11.2. The Labute approximate surface area is 185 Å². The predicted octanol–water partition coefficient (Wildman–Crippen LogP) is 2.79. The van der Waals surface area contributed by atoms with E-state index in [0.717, 1.165) is 12.8 Å². The van der Waals surface area contributed by atoms with E-state index in [9.17, 15) is 13.2 Å². The lowest BCUT2D eigenvalue weighted by atomic mass is 10.2. The largest absolute Gasteiger partial charge is 0.497 e. The van der Waals surface area contributed by atoms with Crippen LogP contribution in [0, 0.1) is 0 Å². The summed E-state index contributed by atoms with van der Waals surface area (Å²) in [4.78, 5) is 12.7. The van der Waals surface area contributed by atoms with Crippen LogP contribution in [0.5, 0.6) is 11.5 Å².